The third-order valence-electron chi connectivity index (χ3n) is 13.9. The summed E-state index contributed by atoms with van der Waals surface area (Å²) in [4.78, 5) is 70.8. The molecule has 0 bridgehead atoms. The number of fused-ring (bicyclic) bond motifs is 4. The van der Waals surface area contributed by atoms with Crippen molar-refractivity contribution in [3.05, 3.63) is 156 Å². The van der Waals surface area contributed by atoms with Crippen LogP contribution in [0.15, 0.2) is 133 Å². The van der Waals surface area contributed by atoms with Gasteiger partial charge in [-0.1, -0.05) is 97.1 Å². The summed E-state index contributed by atoms with van der Waals surface area (Å²) in [6.07, 6.45) is 2.95. The zero-order chi connectivity index (χ0) is 46.5. The van der Waals surface area contributed by atoms with Crippen LogP contribution in [0.1, 0.15) is 66.6 Å². The molecule has 3 fully saturated rings. The number of carbonyl (C=O) groups is 4. The molecule has 14 nitrogen and oxygen atoms in total. The Hall–Kier alpha value is -8.00. The van der Waals surface area contributed by atoms with Crippen LogP contribution >= 0.6 is 0 Å². The number of aryl methyl sites for hydroxylation is 1. The van der Waals surface area contributed by atoms with E-state index in [-0.39, 0.29) is 29.9 Å². The van der Waals surface area contributed by atoms with Gasteiger partial charge in [-0.2, -0.15) is 0 Å². The molecule has 3 heterocycles. The Bertz CT molecular complexity index is 3230. The average Bonchev–Trinajstić information content (AvgIpc) is 4.13. The highest BCUT2D eigenvalue weighted by Crippen LogP contribution is 2.54. The molecule has 1 aliphatic heterocycles. The number of aromatic nitrogens is 4. The lowest BCUT2D eigenvalue weighted by Crippen LogP contribution is -2.44. The quantitative estimate of drug-likeness (QED) is 0.0759. The van der Waals surface area contributed by atoms with Gasteiger partial charge in [0, 0.05) is 18.5 Å². The van der Waals surface area contributed by atoms with E-state index in [1.165, 1.54) is 14.2 Å². The van der Waals surface area contributed by atoms with Gasteiger partial charge in [-0.25, -0.2) is 19.6 Å². The molecule has 2 saturated carbocycles. The summed E-state index contributed by atoms with van der Waals surface area (Å²) in [5.41, 5.74) is 9.34. The fraction of sp³-hybridized carbons (Fsp3) is 0.259. The lowest BCUT2D eigenvalue weighted by molar-refractivity contribution is -0.135. The van der Waals surface area contributed by atoms with E-state index in [0.717, 1.165) is 98.8 Å². The molecule has 0 radical (unpaired) electrons. The first-order chi connectivity index (χ1) is 33.2. The number of aromatic amines is 2. The summed E-state index contributed by atoms with van der Waals surface area (Å²) in [7, 11) is 2.58. The maximum Gasteiger partial charge on any atom is 0.407 e. The molecule has 68 heavy (non-hydrogen) atoms. The first-order valence-corrected chi connectivity index (χ1v) is 23.1. The molecule has 4 amide bonds. The summed E-state index contributed by atoms with van der Waals surface area (Å²) in [6.45, 7) is 0. The van der Waals surface area contributed by atoms with Gasteiger partial charge in [0.1, 0.15) is 23.7 Å². The minimum Gasteiger partial charge on any atom is -0.453 e. The summed E-state index contributed by atoms with van der Waals surface area (Å²) in [5.74, 6) is 1.97. The topological polar surface area (TPSA) is 183 Å². The number of piperidine rings is 1. The number of alkyl carbamates (subject to hydrolysis) is 2. The molecule has 7 atom stereocenters. The van der Waals surface area contributed by atoms with Crippen molar-refractivity contribution in [1.29, 1.82) is 0 Å². The number of imidazole rings is 2. The third-order valence-corrected chi connectivity index (χ3v) is 13.9. The Morgan fingerprint density at radius 2 is 1.21 bits per heavy atom. The standard InChI is InChI=1S/C54H50N8O6/c1-67-53(65)60-48(30-9-5-3-6-10-30)51(63)59-42-27-38(42)19-22-47-55-40-20-17-36(25-43(40)56-47)34-15-13-33-24-35(16-14-32(33)23-34)37-18-21-41-44(26-37)58-50(57-41)46-29-39-28-45(39)62(46)52(64)49(61-54(66)68-2)31-11-7-4-8-12-31/h3-18,20-21,23-26,38-39,42,45-46,48-49H,19,22,27-29H2,1-2H3,(H,55,56)(H,57,58)(H,59,63)(H,60,65)(H,61,66)/t38-,39+,42+,45+,46-,48+,49-/m0/s1. The summed E-state index contributed by atoms with van der Waals surface area (Å²) in [5, 5.41) is 10.8. The van der Waals surface area contributed by atoms with E-state index in [1.54, 1.807) is 0 Å². The molecule has 11 rings (SSSR count). The number of likely N-dealkylation sites (tertiary alicyclic amines) is 1. The van der Waals surface area contributed by atoms with Crippen molar-refractivity contribution in [3.63, 3.8) is 0 Å². The summed E-state index contributed by atoms with van der Waals surface area (Å²) >= 11 is 0. The number of nitrogens with one attached hydrogen (secondary N) is 5. The Labute approximate surface area is 391 Å². The fourth-order valence-corrected chi connectivity index (χ4v) is 10.1. The highest BCUT2D eigenvalue weighted by Gasteiger charge is 2.56. The smallest absolute Gasteiger partial charge is 0.407 e. The van der Waals surface area contributed by atoms with E-state index in [0.29, 0.717) is 23.0 Å². The van der Waals surface area contributed by atoms with Gasteiger partial charge in [-0.15, -0.1) is 0 Å². The number of benzene rings is 6. The normalized spacial score (nSPS) is 20.1. The van der Waals surface area contributed by atoms with E-state index in [1.807, 2.05) is 71.6 Å². The van der Waals surface area contributed by atoms with Crippen LogP contribution in [0.3, 0.4) is 0 Å². The number of rotatable bonds is 13. The van der Waals surface area contributed by atoms with Crippen LogP contribution in [0.4, 0.5) is 9.59 Å². The van der Waals surface area contributed by atoms with Gasteiger partial charge in [-0.05, 0) is 118 Å². The molecule has 3 aliphatic rings. The van der Waals surface area contributed by atoms with Crippen LogP contribution in [0, 0.1) is 11.8 Å². The Balaban J connectivity index is 0.747. The largest absolute Gasteiger partial charge is 0.453 e. The maximum absolute atomic E-state index is 14.3. The first-order valence-electron chi connectivity index (χ1n) is 23.1. The highest BCUT2D eigenvalue weighted by molar-refractivity contribution is 5.94. The number of nitrogens with zero attached hydrogens (tertiary/aromatic N) is 3. The van der Waals surface area contributed by atoms with E-state index in [4.69, 9.17) is 19.4 Å². The second-order valence-corrected chi connectivity index (χ2v) is 18.2. The van der Waals surface area contributed by atoms with Gasteiger partial charge in [0.2, 0.25) is 5.91 Å². The average molecular weight is 907 g/mol. The van der Waals surface area contributed by atoms with Crippen molar-refractivity contribution in [2.75, 3.05) is 14.2 Å². The first kappa shape index (κ1) is 42.6. The van der Waals surface area contributed by atoms with Crippen molar-refractivity contribution >= 4 is 56.8 Å². The predicted octanol–water partition coefficient (Wildman–Crippen LogP) is 9.22. The van der Waals surface area contributed by atoms with Crippen LogP contribution in [0.5, 0.6) is 0 Å². The van der Waals surface area contributed by atoms with E-state index in [9.17, 15) is 19.2 Å². The van der Waals surface area contributed by atoms with Crippen LogP contribution < -0.4 is 16.0 Å². The lowest BCUT2D eigenvalue weighted by atomic mass is 9.97. The van der Waals surface area contributed by atoms with Crippen molar-refractivity contribution in [2.24, 2.45) is 11.8 Å². The number of amides is 4. The second-order valence-electron chi connectivity index (χ2n) is 18.2. The predicted molar refractivity (Wildman–Crippen MR) is 258 cm³/mol. The Morgan fingerprint density at radius 1 is 0.647 bits per heavy atom. The van der Waals surface area contributed by atoms with Crippen molar-refractivity contribution < 1.29 is 28.7 Å². The third kappa shape index (κ3) is 8.49. The molecule has 342 valence electrons. The van der Waals surface area contributed by atoms with Gasteiger partial charge in [0.25, 0.3) is 5.91 Å². The fourth-order valence-electron chi connectivity index (χ4n) is 10.1. The molecular formula is C54H50N8O6. The van der Waals surface area contributed by atoms with Gasteiger partial charge < -0.3 is 40.3 Å². The molecular weight excluding hydrogens is 857 g/mol. The molecule has 2 aromatic heterocycles. The monoisotopic (exact) mass is 906 g/mol. The van der Waals surface area contributed by atoms with Gasteiger partial charge in [-0.3, -0.25) is 9.59 Å². The molecule has 2 aliphatic carbocycles. The van der Waals surface area contributed by atoms with Gasteiger partial charge in [0.05, 0.1) is 42.3 Å². The number of hydrogen-bond acceptors (Lipinski definition) is 8. The highest BCUT2D eigenvalue weighted by atomic mass is 16.5. The molecule has 5 N–H and O–H groups in total. The van der Waals surface area contributed by atoms with Crippen molar-refractivity contribution in [1.82, 2.24) is 40.8 Å². The molecule has 6 aromatic carbocycles. The molecule has 0 unspecified atom stereocenters. The number of methoxy groups -OCH3 is 2. The Kier molecular flexibility index (Phi) is 11.1. The number of H-pyrrole nitrogens is 2. The SMILES string of the molecule is COC(=O)N[C@H](C(=O)N1[C@@H]2C[C@@H]2C[C@H]1c1nc2ccc(-c3ccc4cc(-c5ccc6nc(CC[C@H]7C[C@H]7NC(=O)[C@H](NC(=O)OC)c7ccccc7)[nH]c6c5)ccc4c3)cc2[nH]1)c1ccccc1. The summed E-state index contributed by atoms with van der Waals surface area (Å²) in [6, 6.07) is 42.3. The zero-order valence-corrected chi connectivity index (χ0v) is 37.6. The second kappa shape index (κ2) is 17.7. The minimum absolute atomic E-state index is 0.0416. The van der Waals surface area contributed by atoms with Crippen LogP contribution in [-0.4, -0.2) is 75.1 Å². The molecule has 8 aromatic rings. The van der Waals surface area contributed by atoms with Crippen molar-refractivity contribution in [3.8, 4) is 22.3 Å². The van der Waals surface area contributed by atoms with Crippen LogP contribution in [0.2, 0.25) is 0 Å². The molecule has 1 saturated heterocycles. The van der Waals surface area contributed by atoms with Crippen LogP contribution in [0.25, 0.3) is 55.1 Å². The van der Waals surface area contributed by atoms with E-state index in [2.05, 4.69) is 92.6 Å². The molecule has 14 heteroatoms. The van der Waals surface area contributed by atoms with Crippen LogP contribution in [-0.2, 0) is 25.5 Å². The number of ether oxygens (including phenoxy) is 2. The lowest BCUT2D eigenvalue weighted by Gasteiger charge is -2.30. The van der Waals surface area contributed by atoms with E-state index >= 15 is 0 Å². The summed E-state index contributed by atoms with van der Waals surface area (Å²) < 4.78 is 9.66. The minimum atomic E-state index is -0.873. The zero-order valence-electron chi connectivity index (χ0n) is 37.6. The van der Waals surface area contributed by atoms with Gasteiger partial charge in [0.15, 0.2) is 0 Å². The molecule has 0 spiro atoms. The Morgan fingerprint density at radius 3 is 1.84 bits per heavy atom. The number of carbonyl (C=O) groups excluding carboxylic acids is 4. The number of hydrogen-bond donors (Lipinski definition) is 5. The van der Waals surface area contributed by atoms with E-state index < -0.39 is 24.3 Å². The maximum atomic E-state index is 14.3. The van der Waals surface area contributed by atoms with Crippen molar-refractivity contribution in [2.45, 2.75) is 62.3 Å². The van der Waals surface area contributed by atoms with Gasteiger partial charge >= 0.3 is 12.2 Å².